The van der Waals surface area contributed by atoms with Gasteiger partial charge in [0.25, 0.3) is 5.91 Å². The molecule has 23 heavy (non-hydrogen) atoms. The van der Waals surface area contributed by atoms with Crippen LogP contribution in [0.1, 0.15) is 12.5 Å². The SMILES string of the molecule is CC(O[C@@H]1O[C@H](CO)[C@@H](O)[C@H](O)[C@H]1O)(C(N)=O)c1ccccc1. The van der Waals surface area contributed by atoms with E-state index in [2.05, 4.69) is 0 Å². The van der Waals surface area contributed by atoms with Gasteiger partial charge in [0, 0.05) is 0 Å². The van der Waals surface area contributed by atoms with Crippen molar-refractivity contribution < 1.29 is 34.7 Å². The lowest BCUT2D eigenvalue weighted by Gasteiger charge is -2.42. The van der Waals surface area contributed by atoms with Crippen LogP contribution < -0.4 is 5.73 Å². The number of hydrogen-bond donors (Lipinski definition) is 5. The molecule has 2 rings (SSSR count). The van der Waals surface area contributed by atoms with E-state index in [1.165, 1.54) is 6.92 Å². The maximum atomic E-state index is 11.9. The highest BCUT2D eigenvalue weighted by atomic mass is 16.7. The first-order valence-corrected chi connectivity index (χ1v) is 7.15. The number of carbonyl (C=O) groups excluding carboxylic acids is 1. The Balaban J connectivity index is 2.28. The predicted octanol–water partition coefficient (Wildman–Crippen LogP) is -1.80. The summed E-state index contributed by atoms with van der Waals surface area (Å²) in [7, 11) is 0. The molecule has 0 saturated carbocycles. The quantitative estimate of drug-likeness (QED) is 0.429. The first kappa shape index (κ1) is 17.8. The summed E-state index contributed by atoms with van der Waals surface area (Å²) in [5.41, 5.74) is 4.24. The number of aliphatic hydroxyl groups excluding tert-OH is 4. The first-order valence-electron chi connectivity index (χ1n) is 7.15. The number of amides is 1. The molecule has 1 aromatic carbocycles. The van der Waals surface area contributed by atoms with Crippen LogP contribution in [0.15, 0.2) is 30.3 Å². The number of nitrogens with two attached hydrogens (primary N) is 1. The number of hydrogen-bond acceptors (Lipinski definition) is 7. The second-order valence-corrected chi connectivity index (χ2v) is 5.58. The predicted molar refractivity (Wildman–Crippen MR) is 77.8 cm³/mol. The van der Waals surface area contributed by atoms with E-state index in [4.69, 9.17) is 15.2 Å². The largest absolute Gasteiger partial charge is 0.394 e. The van der Waals surface area contributed by atoms with Gasteiger partial charge in [-0.1, -0.05) is 30.3 Å². The van der Waals surface area contributed by atoms with E-state index in [9.17, 15) is 25.2 Å². The monoisotopic (exact) mass is 327 g/mol. The zero-order valence-electron chi connectivity index (χ0n) is 12.6. The smallest absolute Gasteiger partial charge is 0.254 e. The normalized spacial score (nSPS) is 33.9. The van der Waals surface area contributed by atoms with E-state index < -0.39 is 48.8 Å². The summed E-state index contributed by atoms with van der Waals surface area (Å²) in [5.74, 6) is -0.819. The summed E-state index contributed by atoms with van der Waals surface area (Å²) >= 11 is 0. The third-order valence-electron chi connectivity index (χ3n) is 4.00. The van der Waals surface area contributed by atoms with Crippen LogP contribution in [0.5, 0.6) is 0 Å². The van der Waals surface area contributed by atoms with Gasteiger partial charge in [-0.25, -0.2) is 0 Å². The molecule has 0 aromatic heterocycles. The Morgan fingerprint density at radius 2 is 1.83 bits per heavy atom. The van der Waals surface area contributed by atoms with E-state index in [0.717, 1.165) is 0 Å². The number of primary amides is 1. The summed E-state index contributed by atoms with van der Waals surface area (Å²) in [5, 5.41) is 38.7. The lowest BCUT2D eigenvalue weighted by molar-refractivity contribution is -0.322. The minimum absolute atomic E-state index is 0.435. The average molecular weight is 327 g/mol. The Bertz CT molecular complexity index is 538. The van der Waals surface area contributed by atoms with Crippen molar-refractivity contribution in [2.24, 2.45) is 5.73 Å². The zero-order valence-corrected chi connectivity index (χ0v) is 12.6. The maximum Gasteiger partial charge on any atom is 0.254 e. The highest BCUT2D eigenvalue weighted by Gasteiger charge is 2.48. The molecule has 6 atom stereocenters. The second-order valence-electron chi connectivity index (χ2n) is 5.58. The summed E-state index contributed by atoms with van der Waals surface area (Å²) < 4.78 is 10.8. The Morgan fingerprint density at radius 3 is 2.35 bits per heavy atom. The Labute approximate surface area is 133 Å². The fourth-order valence-corrected chi connectivity index (χ4v) is 2.42. The van der Waals surface area contributed by atoms with Gasteiger partial charge in [-0.15, -0.1) is 0 Å². The fourth-order valence-electron chi connectivity index (χ4n) is 2.42. The third kappa shape index (κ3) is 3.37. The molecule has 0 aliphatic carbocycles. The van der Waals surface area contributed by atoms with E-state index in [-0.39, 0.29) is 0 Å². The summed E-state index contributed by atoms with van der Waals surface area (Å²) in [6.45, 7) is 0.815. The third-order valence-corrected chi connectivity index (χ3v) is 4.00. The summed E-state index contributed by atoms with van der Waals surface area (Å²) in [6, 6.07) is 8.36. The van der Waals surface area contributed by atoms with Crippen molar-refractivity contribution in [3.05, 3.63) is 35.9 Å². The number of benzene rings is 1. The molecule has 1 saturated heterocycles. The molecule has 1 unspecified atom stereocenters. The van der Waals surface area contributed by atoms with Gasteiger partial charge in [0.15, 0.2) is 11.9 Å². The van der Waals surface area contributed by atoms with Gasteiger partial charge in [-0.3, -0.25) is 4.79 Å². The maximum absolute atomic E-state index is 11.9. The van der Waals surface area contributed by atoms with Gasteiger partial charge in [0.2, 0.25) is 0 Å². The van der Waals surface area contributed by atoms with Crippen LogP contribution in [0.2, 0.25) is 0 Å². The van der Waals surface area contributed by atoms with Crippen molar-refractivity contribution in [1.82, 2.24) is 0 Å². The molecular weight excluding hydrogens is 306 g/mol. The van der Waals surface area contributed by atoms with Crippen molar-refractivity contribution in [2.45, 2.75) is 43.2 Å². The molecule has 0 spiro atoms. The molecule has 128 valence electrons. The number of rotatable bonds is 5. The van der Waals surface area contributed by atoms with E-state index >= 15 is 0 Å². The van der Waals surface area contributed by atoms with Crippen molar-refractivity contribution in [1.29, 1.82) is 0 Å². The van der Waals surface area contributed by atoms with E-state index in [1.54, 1.807) is 30.3 Å². The molecule has 0 bridgehead atoms. The molecule has 0 radical (unpaired) electrons. The lowest BCUT2D eigenvalue weighted by Crippen LogP contribution is -2.61. The van der Waals surface area contributed by atoms with Crippen LogP contribution in [0, 0.1) is 0 Å². The van der Waals surface area contributed by atoms with Crippen LogP contribution in [-0.4, -0.2) is 63.6 Å². The van der Waals surface area contributed by atoms with Crippen LogP contribution in [-0.2, 0) is 19.9 Å². The zero-order chi connectivity index (χ0) is 17.2. The van der Waals surface area contributed by atoms with Gasteiger partial charge >= 0.3 is 0 Å². The Hall–Kier alpha value is -1.55. The minimum atomic E-state index is -1.63. The van der Waals surface area contributed by atoms with E-state index in [1.807, 2.05) is 0 Å². The molecule has 8 nitrogen and oxygen atoms in total. The van der Waals surface area contributed by atoms with Crippen molar-refractivity contribution in [2.75, 3.05) is 6.61 Å². The van der Waals surface area contributed by atoms with Crippen LogP contribution >= 0.6 is 0 Å². The fraction of sp³-hybridized carbons (Fsp3) is 0.533. The first-order chi connectivity index (χ1) is 10.8. The number of aliphatic hydroxyl groups is 4. The second kappa shape index (κ2) is 6.91. The number of carbonyl (C=O) groups is 1. The van der Waals surface area contributed by atoms with Crippen LogP contribution in [0.4, 0.5) is 0 Å². The summed E-state index contributed by atoms with van der Waals surface area (Å²) in [6.07, 6.45) is -7.31. The van der Waals surface area contributed by atoms with Gasteiger partial charge in [-0.2, -0.15) is 0 Å². The van der Waals surface area contributed by atoms with Crippen LogP contribution in [0.3, 0.4) is 0 Å². The molecule has 1 fully saturated rings. The standard InChI is InChI=1S/C15H21NO7/c1-15(14(16)21,8-5-3-2-4-6-8)23-13-12(20)11(19)10(18)9(7-17)22-13/h2-6,9-13,17-20H,7H2,1H3,(H2,16,21)/t9-,10-,11+,12-,13+,15?/m1/s1. The molecule has 1 aliphatic heterocycles. The molecule has 1 aromatic rings. The van der Waals surface area contributed by atoms with Crippen molar-refractivity contribution >= 4 is 5.91 Å². The molecular formula is C15H21NO7. The molecule has 8 heteroatoms. The van der Waals surface area contributed by atoms with Gasteiger partial charge in [-0.05, 0) is 12.5 Å². The summed E-state index contributed by atoms with van der Waals surface area (Å²) in [4.78, 5) is 11.9. The average Bonchev–Trinajstić information content (AvgIpc) is 2.55. The molecule has 1 aliphatic rings. The Morgan fingerprint density at radius 1 is 1.22 bits per heavy atom. The van der Waals surface area contributed by atoms with Gasteiger partial charge in [0.1, 0.15) is 24.4 Å². The molecule has 1 amide bonds. The van der Waals surface area contributed by atoms with Gasteiger partial charge < -0.3 is 35.6 Å². The topological polar surface area (TPSA) is 142 Å². The van der Waals surface area contributed by atoms with Crippen molar-refractivity contribution in [3.63, 3.8) is 0 Å². The molecule has 6 N–H and O–H groups in total. The van der Waals surface area contributed by atoms with Crippen LogP contribution in [0.25, 0.3) is 0 Å². The Kier molecular flexibility index (Phi) is 5.35. The number of ether oxygens (including phenoxy) is 2. The van der Waals surface area contributed by atoms with E-state index in [0.29, 0.717) is 5.56 Å². The minimum Gasteiger partial charge on any atom is -0.394 e. The van der Waals surface area contributed by atoms with Gasteiger partial charge in [0.05, 0.1) is 6.61 Å². The molecule has 1 heterocycles. The highest BCUT2D eigenvalue weighted by Crippen LogP contribution is 2.31. The lowest BCUT2D eigenvalue weighted by atomic mass is 9.94. The highest BCUT2D eigenvalue weighted by molar-refractivity contribution is 5.84. The van der Waals surface area contributed by atoms with Crippen molar-refractivity contribution in [3.8, 4) is 0 Å².